The van der Waals surface area contributed by atoms with Crippen LogP contribution in [0.25, 0.3) is 38.9 Å². The highest BCUT2D eigenvalue weighted by atomic mass is 35.5. The highest BCUT2D eigenvalue weighted by Crippen LogP contribution is 2.35. The zero-order chi connectivity index (χ0) is 30.1. The van der Waals surface area contributed by atoms with Crippen molar-refractivity contribution in [3.05, 3.63) is 104 Å². The molecule has 0 radical (unpaired) electrons. The molecule has 7 nitrogen and oxygen atoms in total. The fourth-order valence-electron chi connectivity index (χ4n) is 5.80. The fourth-order valence-corrected chi connectivity index (χ4v) is 6.76. The van der Waals surface area contributed by atoms with Gasteiger partial charge in [0.15, 0.2) is 0 Å². The number of hydrogen-bond acceptors (Lipinski definition) is 5. The molecule has 0 bridgehead atoms. The molecule has 1 amide bonds. The van der Waals surface area contributed by atoms with Crippen molar-refractivity contribution in [3.8, 4) is 38.9 Å². The average molecular weight is 612 g/mol. The molecule has 1 N–H and O–H groups in total. The van der Waals surface area contributed by atoms with Crippen LogP contribution in [0.3, 0.4) is 0 Å². The van der Waals surface area contributed by atoms with E-state index in [4.69, 9.17) is 16.6 Å². The van der Waals surface area contributed by atoms with Gasteiger partial charge in [0.2, 0.25) is 0 Å². The number of carbonyl (C=O) groups is 1. The van der Waals surface area contributed by atoms with Crippen molar-refractivity contribution in [1.29, 1.82) is 0 Å². The van der Waals surface area contributed by atoms with E-state index >= 15 is 0 Å². The highest BCUT2D eigenvalue weighted by molar-refractivity contribution is 7.13. The number of hydrogen-bond donors (Lipinski definition) is 1. The molecule has 1 fully saturated rings. The van der Waals surface area contributed by atoms with Gasteiger partial charge in [-0.25, -0.2) is 4.98 Å². The van der Waals surface area contributed by atoms with E-state index in [-0.39, 0.29) is 11.5 Å². The Morgan fingerprint density at radius 3 is 2.33 bits per heavy atom. The Bertz CT molecular complexity index is 1830. The summed E-state index contributed by atoms with van der Waals surface area (Å²) in [5, 5.41) is 6.51. The van der Waals surface area contributed by atoms with E-state index in [2.05, 4.69) is 31.3 Å². The minimum absolute atomic E-state index is 0.0887. The third kappa shape index (κ3) is 5.46. The topological polar surface area (TPSA) is 72.2 Å². The molecule has 43 heavy (non-hydrogen) atoms. The van der Waals surface area contributed by atoms with Crippen molar-refractivity contribution in [1.82, 2.24) is 24.3 Å². The molecule has 5 aromatic rings. The van der Waals surface area contributed by atoms with Gasteiger partial charge < -0.3 is 14.8 Å². The summed E-state index contributed by atoms with van der Waals surface area (Å²) in [7, 11) is 1.95. The predicted molar refractivity (Wildman–Crippen MR) is 176 cm³/mol. The Balaban J connectivity index is 1.68. The quantitative estimate of drug-likeness (QED) is 0.229. The first-order valence-electron chi connectivity index (χ1n) is 14.7. The normalized spacial score (nSPS) is 13.4. The lowest BCUT2D eigenvalue weighted by Gasteiger charge is -2.29. The van der Waals surface area contributed by atoms with Crippen molar-refractivity contribution >= 4 is 28.8 Å². The summed E-state index contributed by atoms with van der Waals surface area (Å²) in [6.45, 7) is 6.86. The number of pyridine rings is 1. The first-order chi connectivity index (χ1) is 20.9. The maximum absolute atomic E-state index is 14.8. The number of aromatic nitrogens is 3. The Morgan fingerprint density at radius 1 is 1.00 bits per heavy atom. The number of benzene rings is 2. The zero-order valence-corrected chi connectivity index (χ0v) is 26.1. The molecule has 1 saturated heterocycles. The Hall–Kier alpha value is -3.98. The van der Waals surface area contributed by atoms with Gasteiger partial charge in [-0.3, -0.25) is 14.2 Å². The van der Waals surface area contributed by atoms with Gasteiger partial charge in [0.05, 0.1) is 33.9 Å². The van der Waals surface area contributed by atoms with Crippen LogP contribution in [0.2, 0.25) is 5.02 Å². The molecule has 0 spiro atoms. The van der Waals surface area contributed by atoms with Crippen LogP contribution in [0.1, 0.15) is 35.3 Å². The summed E-state index contributed by atoms with van der Waals surface area (Å²) < 4.78 is 3.77. The fraction of sp³-hybridized carbons (Fsp3) is 0.265. The molecular formula is C34H34ClN5O2S. The minimum atomic E-state index is -0.194. The van der Waals surface area contributed by atoms with E-state index in [9.17, 15) is 9.59 Å². The van der Waals surface area contributed by atoms with E-state index in [0.717, 1.165) is 59.7 Å². The summed E-state index contributed by atoms with van der Waals surface area (Å²) in [6.07, 6.45) is 3.43. The van der Waals surface area contributed by atoms with E-state index in [0.29, 0.717) is 39.9 Å². The number of aryl methyl sites for hydroxylation is 3. The molecule has 9 heteroatoms. The average Bonchev–Trinajstić information content (AvgIpc) is 3.70. The Kier molecular flexibility index (Phi) is 8.34. The lowest BCUT2D eigenvalue weighted by molar-refractivity contribution is 0.0736. The van der Waals surface area contributed by atoms with Crippen LogP contribution in [0.5, 0.6) is 0 Å². The Labute approximate surface area is 260 Å². The van der Waals surface area contributed by atoms with E-state index < -0.39 is 0 Å². The van der Waals surface area contributed by atoms with Crippen molar-refractivity contribution in [2.45, 2.75) is 26.7 Å². The molecule has 1 aliphatic heterocycles. The molecule has 2 aromatic carbocycles. The maximum atomic E-state index is 14.8. The van der Waals surface area contributed by atoms with Crippen LogP contribution in [0, 0.1) is 0 Å². The number of nitrogens with zero attached hydrogens (tertiary/aromatic N) is 4. The van der Waals surface area contributed by atoms with Crippen molar-refractivity contribution in [2.75, 3.05) is 26.2 Å². The standard InChI is InChI=1S/C34H34ClN5O2S/c1-4-22-8-6-9-23(5-2)30(22)40-31(29-10-7-17-38(29)3)26(33(41)39-18-15-36-16-19-39)20-27(34(40)42)32-37-28(21-43-32)24-11-13-25(35)14-12-24/h6-14,17,20-21,36H,4-5,15-16,18-19H2,1-3H3. The maximum Gasteiger partial charge on any atom is 0.266 e. The van der Waals surface area contributed by atoms with Gasteiger partial charge in [0, 0.05) is 55.4 Å². The lowest BCUT2D eigenvalue weighted by Crippen LogP contribution is -2.47. The molecule has 3 aromatic heterocycles. The SMILES string of the molecule is CCc1cccc(CC)c1-n1c(-c2cccn2C)c(C(=O)N2CCNCC2)cc(-c2nc(-c3ccc(Cl)cc3)cs2)c1=O. The number of piperazine rings is 1. The van der Waals surface area contributed by atoms with Crippen molar-refractivity contribution in [3.63, 3.8) is 0 Å². The second kappa shape index (κ2) is 12.3. The van der Waals surface area contributed by atoms with Crippen LogP contribution in [-0.4, -0.2) is 51.1 Å². The number of carbonyl (C=O) groups excluding carboxylic acids is 1. The molecule has 0 aliphatic carbocycles. The molecule has 0 saturated carbocycles. The number of halogens is 1. The van der Waals surface area contributed by atoms with Gasteiger partial charge >= 0.3 is 0 Å². The zero-order valence-electron chi connectivity index (χ0n) is 24.6. The Morgan fingerprint density at radius 2 is 1.70 bits per heavy atom. The molecule has 4 heterocycles. The number of para-hydroxylation sites is 1. The van der Waals surface area contributed by atoms with Gasteiger partial charge in [-0.1, -0.05) is 55.8 Å². The smallest absolute Gasteiger partial charge is 0.266 e. The van der Waals surface area contributed by atoms with Crippen LogP contribution >= 0.6 is 22.9 Å². The molecule has 6 rings (SSSR count). The molecule has 0 unspecified atom stereocenters. The summed E-state index contributed by atoms with van der Waals surface area (Å²) in [5.41, 5.74) is 6.74. The van der Waals surface area contributed by atoms with Gasteiger partial charge in [0.25, 0.3) is 11.5 Å². The summed E-state index contributed by atoms with van der Waals surface area (Å²) in [6, 6.07) is 19.4. The van der Waals surface area contributed by atoms with Gasteiger partial charge in [-0.2, -0.15) is 0 Å². The molecule has 220 valence electrons. The minimum Gasteiger partial charge on any atom is -0.349 e. The largest absolute Gasteiger partial charge is 0.349 e. The first-order valence-corrected chi connectivity index (χ1v) is 15.9. The van der Waals surface area contributed by atoms with Crippen LogP contribution in [0.15, 0.2) is 77.0 Å². The molecular weight excluding hydrogens is 578 g/mol. The predicted octanol–water partition coefficient (Wildman–Crippen LogP) is 6.46. The second-order valence-corrected chi connectivity index (χ2v) is 12.0. The molecule has 0 atom stereocenters. The number of rotatable bonds is 7. The second-order valence-electron chi connectivity index (χ2n) is 10.7. The van der Waals surface area contributed by atoms with Crippen LogP contribution < -0.4 is 10.9 Å². The van der Waals surface area contributed by atoms with Crippen LogP contribution in [0.4, 0.5) is 0 Å². The first kappa shape index (κ1) is 29.1. The number of amides is 1. The monoisotopic (exact) mass is 611 g/mol. The highest BCUT2D eigenvalue weighted by Gasteiger charge is 2.29. The summed E-state index contributed by atoms with van der Waals surface area (Å²) >= 11 is 7.53. The van der Waals surface area contributed by atoms with Crippen LogP contribution in [-0.2, 0) is 19.9 Å². The van der Waals surface area contributed by atoms with E-state index in [1.54, 1.807) is 10.6 Å². The van der Waals surface area contributed by atoms with Gasteiger partial charge in [0.1, 0.15) is 5.01 Å². The number of thiazole rings is 1. The van der Waals surface area contributed by atoms with E-state index in [1.807, 2.05) is 70.6 Å². The third-order valence-corrected chi connectivity index (χ3v) is 9.21. The van der Waals surface area contributed by atoms with Crippen molar-refractivity contribution in [2.24, 2.45) is 7.05 Å². The summed E-state index contributed by atoms with van der Waals surface area (Å²) in [5.74, 6) is -0.0887. The third-order valence-electron chi connectivity index (χ3n) is 8.09. The van der Waals surface area contributed by atoms with Gasteiger partial charge in [-0.15, -0.1) is 11.3 Å². The van der Waals surface area contributed by atoms with Gasteiger partial charge in [-0.05, 0) is 54.3 Å². The van der Waals surface area contributed by atoms with E-state index in [1.165, 1.54) is 11.3 Å². The van der Waals surface area contributed by atoms with Crippen molar-refractivity contribution < 1.29 is 4.79 Å². The summed E-state index contributed by atoms with van der Waals surface area (Å²) in [4.78, 5) is 36.0. The lowest BCUT2D eigenvalue weighted by atomic mass is 9.99. The molecule has 1 aliphatic rings. The number of nitrogens with one attached hydrogen (secondary N) is 1.